The number of aryl methyl sites for hydroxylation is 1. The van der Waals surface area contributed by atoms with Crippen LogP contribution in [-0.2, 0) is 11.2 Å². The van der Waals surface area contributed by atoms with Crippen molar-refractivity contribution in [3.8, 4) is 5.75 Å². The van der Waals surface area contributed by atoms with Gasteiger partial charge in [0.15, 0.2) is 0 Å². The SMILES string of the molecule is COc1ccc(CCC(=O)N2CCC([C@@H]3CNC[C@H]3CO)CC2)cc1. The topological polar surface area (TPSA) is 61.8 Å². The Bertz CT molecular complexity index is 553. The van der Waals surface area contributed by atoms with Gasteiger partial charge in [-0.25, -0.2) is 0 Å². The summed E-state index contributed by atoms with van der Waals surface area (Å²) in [4.78, 5) is 14.5. The van der Waals surface area contributed by atoms with Gasteiger partial charge < -0.3 is 20.1 Å². The number of nitrogens with zero attached hydrogens (tertiary/aromatic N) is 1. The number of rotatable bonds is 6. The van der Waals surface area contributed by atoms with E-state index in [0.717, 1.165) is 51.2 Å². The van der Waals surface area contributed by atoms with Gasteiger partial charge in [0.1, 0.15) is 5.75 Å². The van der Waals surface area contributed by atoms with Crippen molar-refractivity contribution < 1.29 is 14.6 Å². The van der Waals surface area contributed by atoms with Gasteiger partial charge in [-0.05, 0) is 61.3 Å². The number of likely N-dealkylation sites (tertiary alicyclic amines) is 1. The van der Waals surface area contributed by atoms with Crippen LogP contribution in [0.4, 0.5) is 0 Å². The summed E-state index contributed by atoms with van der Waals surface area (Å²) in [5.74, 6) is 2.71. The van der Waals surface area contributed by atoms with Crippen molar-refractivity contribution in [2.24, 2.45) is 17.8 Å². The van der Waals surface area contributed by atoms with Crippen LogP contribution in [-0.4, -0.2) is 55.8 Å². The lowest BCUT2D eigenvalue weighted by Gasteiger charge is -2.36. The lowest BCUT2D eigenvalue weighted by atomic mass is 9.79. The molecule has 25 heavy (non-hydrogen) atoms. The zero-order chi connectivity index (χ0) is 17.6. The number of methoxy groups -OCH3 is 1. The number of benzene rings is 1. The predicted molar refractivity (Wildman–Crippen MR) is 97.6 cm³/mol. The Morgan fingerprint density at radius 3 is 2.60 bits per heavy atom. The molecule has 0 spiro atoms. The molecule has 138 valence electrons. The van der Waals surface area contributed by atoms with Crippen molar-refractivity contribution in [2.45, 2.75) is 25.7 Å². The average molecular weight is 346 g/mol. The fraction of sp³-hybridized carbons (Fsp3) is 0.650. The van der Waals surface area contributed by atoms with Crippen molar-refractivity contribution in [3.63, 3.8) is 0 Å². The number of aliphatic hydroxyl groups is 1. The van der Waals surface area contributed by atoms with Crippen molar-refractivity contribution in [1.82, 2.24) is 10.2 Å². The molecule has 2 fully saturated rings. The largest absolute Gasteiger partial charge is 0.497 e. The molecule has 0 unspecified atom stereocenters. The van der Waals surface area contributed by atoms with E-state index in [4.69, 9.17) is 4.74 Å². The highest BCUT2D eigenvalue weighted by molar-refractivity contribution is 5.76. The molecule has 0 bridgehead atoms. The Kier molecular flexibility index (Phi) is 6.32. The molecule has 1 aromatic rings. The zero-order valence-corrected chi connectivity index (χ0v) is 15.1. The minimum atomic E-state index is 0.262. The Hall–Kier alpha value is -1.59. The number of ether oxygens (including phenoxy) is 1. The first-order valence-corrected chi connectivity index (χ1v) is 9.43. The van der Waals surface area contributed by atoms with Gasteiger partial charge in [-0.15, -0.1) is 0 Å². The second kappa shape index (κ2) is 8.68. The summed E-state index contributed by atoms with van der Waals surface area (Å²) in [7, 11) is 1.66. The van der Waals surface area contributed by atoms with Crippen LogP contribution in [0.3, 0.4) is 0 Å². The molecule has 0 saturated carbocycles. The molecule has 2 aliphatic heterocycles. The maximum atomic E-state index is 12.5. The van der Waals surface area contributed by atoms with E-state index in [1.807, 2.05) is 29.2 Å². The number of carbonyl (C=O) groups is 1. The standard InChI is InChI=1S/C20H30N2O3/c1-25-18-5-2-15(3-6-18)4-7-20(24)22-10-8-16(9-11-22)19-13-21-12-17(19)14-23/h2-3,5-6,16-17,19,21,23H,4,7-14H2,1H3/t17-,19-/m0/s1. The first-order valence-electron chi connectivity index (χ1n) is 9.43. The highest BCUT2D eigenvalue weighted by atomic mass is 16.5. The predicted octanol–water partition coefficient (Wildman–Crippen LogP) is 1.69. The third-order valence-electron chi connectivity index (χ3n) is 5.91. The highest BCUT2D eigenvalue weighted by Gasteiger charge is 2.35. The quantitative estimate of drug-likeness (QED) is 0.823. The molecule has 2 atom stereocenters. The molecule has 5 nitrogen and oxygen atoms in total. The van der Waals surface area contributed by atoms with Gasteiger partial charge >= 0.3 is 0 Å². The number of amides is 1. The van der Waals surface area contributed by atoms with Crippen molar-refractivity contribution in [2.75, 3.05) is 39.9 Å². The van der Waals surface area contributed by atoms with E-state index in [1.54, 1.807) is 7.11 Å². The first kappa shape index (κ1) is 18.2. The third kappa shape index (κ3) is 4.53. The minimum Gasteiger partial charge on any atom is -0.497 e. The molecule has 0 aliphatic carbocycles. The van der Waals surface area contributed by atoms with Crippen molar-refractivity contribution in [3.05, 3.63) is 29.8 Å². The highest BCUT2D eigenvalue weighted by Crippen LogP contribution is 2.32. The molecule has 1 amide bonds. The first-order chi connectivity index (χ1) is 12.2. The summed E-state index contributed by atoms with van der Waals surface area (Å²) >= 11 is 0. The molecule has 2 heterocycles. The van der Waals surface area contributed by atoms with Crippen LogP contribution in [0.1, 0.15) is 24.8 Å². The van der Waals surface area contributed by atoms with Crippen molar-refractivity contribution >= 4 is 5.91 Å². The molecule has 2 saturated heterocycles. The number of carbonyl (C=O) groups excluding carboxylic acids is 1. The molecule has 2 aliphatic rings. The molecule has 3 rings (SSSR count). The number of hydrogen-bond donors (Lipinski definition) is 2. The zero-order valence-electron chi connectivity index (χ0n) is 15.1. The van der Waals surface area contributed by atoms with Crippen LogP contribution in [0.2, 0.25) is 0 Å². The van der Waals surface area contributed by atoms with Gasteiger partial charge in [0.05, 0.1) is 7.11 Å². The maximum absolute atomic E-state index is 12.5. The summed E-state index contributed by atoms with van der Waals surface area (Å²) < 4.78 is 5.16. The number of aliphatic hydroxyl groups excluding tert-OH is 1. The van der Waals surface area contributed by atoms with Crippen LogP contribution in [0.15, 0.2) is 24.3 Å². The molecule has 0 radical (unpaired) electrons. The number of hydrogen-bond acceptors (Lipinski definition) is 4. The van der Waals surface area contributed by atoms with Crippen molar-refractivity contribution in [1.29, 1.82) is 0 Å². The Morgan fingerprint density at radius 2 is 1.96 bits per heavy atom. The fourth-order valence-electron chi connectivity index (χ4n) is 4.28. The van der Waals surface area contributed by atoms with Gasteiger partial charge in [0.2, 0.25) is 5.91 Å². The van der Waals surface area contributed by atoms with E-state index in [0.29, 0.717) is 24.2 Å². The van der Waals surface area contributed by atoms with Crippen LogP contribution >= 0.6 is 0 Å². The lowest BCUT2D eigenvalue weighted by molar-refractivity contribution is -0.132. The molecular formula is C20H30N2O3. The van der Waals surface area contributed by atoms with E-state index in [-0.39, 0.29) is 12.5 Å². The summed E-state index contributed by atoms with van der Waals surface area (Å²) in [5.41, 5.74) is 1.17. The molecule has 0 aromatic heterocycles. The fourth-order valence-corrected chi connectivity index (χ4v) is 4.28. The van der Waals surface area contributed by atoms with Crippen LogP contribution in [0.5, 0.6) is 5.75 Å². The van der Waals surface area contributed by atoms with Gasteiger partial charge in [0, 0.05) is 32.7 Å². The minimum absolute atomic E-state index is 0.262. The molecule has 5 heteroatoms. The maximum Gasteiger partial charge on any atom is 0.222 e. The van der Waals surface area contributed by atoms with E-state index in [2.05, 4.69) is 5.32 Å². The van der Waals surface area contributed by atoms with Gasteiger partial charge in [-0.1, -0.05) is 12.1 Å². The summed E-state index contributed by atoms with van der Waals surface area (Å²) in [6.45, 7) is 3.95. The Labute approximate surface area is 150 Å². The van der Waals surface area contributed by atoms with Gasteiger partial charge in [-0.3, -0.25) is 4.79 Å². The van der Waals surface area contributed by atoms with Gasteiger partial charge in [-0.2, -0.15) is 0 Å². The molecule has 2 N–H and O–H groups in total. The van der Waals surface area contributed by atoms with E-state index in [9.17, 15) is 9.90 Å². The molecule has 1 aromatic carbocycles. The van der Waals surface area contributed by atoms with Crippen LogP contribution < -0.4 is 10.1 Å². The smallest absolute Gasteiger partial charge is 0.222 e. The van der Waals surface area contributed by atoms with E-state index >= 15 is 0 Å². The van der Waals surface area contributed by atoms with E-state index < -0.39 is 0 Å². The third-order valence-corrected chi connectivity index (χ3v) is 5.91. The Balaban J connectivity index is 1.43. The van der Waals surface area contributed by atoms with Crippen LogP contribution in [0.25, 0.3) is 0 Å². The average Bonchev–Trinajstić information content (AvgIpc) is 3.15. The summed E-state index contributed by atoms with van der Waals surface area (Å²) in [6, 6.07) is 7.94. The molecular weight excluding hydrogens is 316 g/mol. The normalized spacial score (nSPS) is 24.5. The van der Waals surface area contributed by atoms with E-state index in [1.165, 1.54) is 5.56 Å². The second-order valence-corrected chi connectivity index (χ2v) is 7.33. The second-order valence-electron chi connectivity index (χ2n) is 7.33. The summed E-state index contributed by atoms with van der Waals surface area (Å²) in [5, 5.41) is 12.9. The lowest BCUT2D eigenvalue weighted by Crippen LogP contribution is -2.41. The number of nitrogens with one attached hydrogen (secondary N) is 1. The van der Waals surface area contributed by atoms with Gasteiger partial charge in [0.25, 0.3) is 0 Å². The van der Waals surface area contributed by atoms with Crippen LogP contribution in [0, 0.1) is 17.8 Å². The Morgan fingerprint density at radius 1 is 1.24 bits per heavy atom. The monoisotopic (exact) mass is 346 g/mol. The number of piperidine rings is 1. The summed E-state index contributed by atoms with van der Waals surface area (Å²) in [6.07, 6.45) is 3.48.